The van der Waals surface area contributed by atoms with Crippen LogP contribution in [0.3, 0.4) is 0 Å². The van der Waals surface area contributed by atoms with Gasteiger partial charge in [-0.05, 0) is 60.0 Å². The lowest BCUT2D eigenvalue weighted by Crippen LogP contribution is -2.17. The van der Waals surface area contributed by atoms with Crippen LogP contribution in [0.1, 0.15) is 21.5 Å². The third-order valence-electron chi connectivity index (χ3n) is 5.76. The number of rotatable bonds is 7. The summed E-state index contributed by atoms with van der Waals surface area (Å²) in [7, 11) is 0. The van der Waals surface area contributed by atoms with Crippen molar-refractivity contribution < 1.29 is 18.7 Å². The Morgan fingerprint density at radius 1 is 1.00 bits per heavy atom. The van der Waals surface area contributed by atoms with Crippen LogP contribution in [0.2, 0.25) is 0 Å². The van der Waals surface area contributed by atoms with E-state index in [1.165, 1.54) is 18.5 Å². The van der Waals surface area contributed by atoms with E-state index < -0.39 is 18.4 Å². The molecule has 180 valence electrons. The summed E-state index contributed by atoms with van der Waals surface area (Å²) < 4.78 is 30.2. The van der Waals surface area contributed by atoms with Crippen LogP contribution in [0.5, 0.6) is 0 Å². The average molecular weight is 485 g/mol. The molecular weight excluding hydrogens is 464 g/mol. The molecule has 9 heteroatoms. The maximum Gasteiger partial charge on any atom is 0.259 e. The Morgan fingerprint density at radius 2 is 1.78 bits per heavy atom. The third kappa shape index (κ3) is 4.44. The molecule has 5 rings (SSSR count). The van der Waals surface area contributed by atoms with E-state index in [9.17, 15) is 18.7 Å². The summed E-state index contributed by atoms with van der Waals surface area (Å²) in [5.41, 5.74) is 2.19. The second-order valence-corrected chi connectivity index (χ2v) is 8.07. The molecule has 1 amide bonds. The van der Waals surface area contributed by atoms with Gasteiger partial charge in [0.15, 0.2) is 5.82 Å². The molecule has 0 aliphatic heterocycles. The molecule has 3 aromatic carbocycles. The zero-order valence-corrected chi connectivity index (χ0v) is 19.0. The highest BCUT2D eigenvalue weighted by molar-refractivity contribution is 6.09. The topological polar surface area (TPSA) is 92.9 Å². The number of aliphatic hydroxyl groups is 1. The smallest absolute Gasteiger partial charge is 0.259 e. The molecule has 0 aliphatic carbocycles. The molecule has 0 aliphatic rings. The Balaban J connectivity index is 1.60. The molecule has 2 heterocycles. The summed E-state index contributed by atoms with van der Waals surface area (Å²) in [6.07, 6.45) is 3.44. The lowest BCUT2D eigenvalue weighted by molar-refractivity contribution is 0.102. The number of alkyl halides is 1. The monoisotopic (exact) mass is 485 g/mol. The van der Waals surface area contributed by atoms with Gasteiger partial charge in [-0.2, -0.15) is 5.10 Å². The number of fused-ring (bicyclic) bond motifs is 1. The predicted molar refractivity (Wildman–Crippen MR) is 132 cm³/mol. The fourth-order valence-corrected chi connectivity index (χ4v) is 4.01. The van der Waals surface area contributed by atoms with Crippen LogP contribution < -0.4 is 5.32 Å². The molecule has 0 saturated heterocycles. The van der Waals surface area contributed by atoms with Crippen LogP contribution in [0.15, 0.2) is 79.1 Å². The van der Waals surface area contributed by atoms with Crippen molar-refractivity contribution in [3.05, 3.63) is 102 Å². The lowest BCUT2D eigenvalue weighted by Gasteiger charge is -2.12. The van der Waals surface area contributed by atoms with E-state index in [-0.39, 0.29) is 29.1 Å². The number of hydrogen-bond acceptors (Lipinski definition) is 5. The number of para-hydroxylation sites is 1. The molecule has 5 aromatic rings. The maximum atomic E-state index is 15.0. The van der Waals surface area contributed by atoms with Gasteiger partial charge < -0.3 is 10.4 Å². The predicted octanol–water partition coefficient (Wildman–Crippen LogP) is 4.88. The first kappa shape index (κ1) is 23.3. The lowest BCUT2D eigenvalue weighted by atomic mass is 10.0. The summed E-state index contributed by atoms with van der Waals surface area (Å²) in [4.78, 5) is 21.6. The van der Waals surface area contributed by atoms with Gasteiger partial charge in [0.2, 0.25) is 0 Å². The summed E-state index contributed by atoms with van der Waals surface area (Å²) in [6, 6.07) is 18.5. The number of nitrogens with zero attached hydrogens (tertiary/aromatic N) is 4. The van der Waals surface area contributed by atoms with Gasteiger partial charge in [0.25, 0.3) is 5.91 Å². The zero-order valence-electron chi connectivity index (χ0n) is 19.0. The van der Waals surface area contributed by atoms with E-state index in [1.54, 1.807) is 16.8 Å². The molecule has 0 bridgehead atoms. The van der Waals surface area contributed by atoms with Gasteiger partial charge in [0, 0.05) is 30.0 Å². The minimum Gasteiger partial charge on any atom is -0.396 e. The zero-order chi connectivity index (χ0) is 25.1. The van der Waals surface area contributed by atoms with Crippen molar-refractivity contribution in [3.8, 4) is 17.1 Å². The number of amides is 1. The van der Waals surface area contributed by atoms with Crippen molar-refractivity contribution in [2.45, 2.75) is 13.1 Å². The Bertz CT molecular complexity index is 1540. The standard InChI is InChI=1S/C27H21F2N5O2/c28-16-18-14-23(29)22(15-21(18)25-30-10-4-11-31-25)27(36)32-26-20-8-7-17(9-12-35)13-24(20)33-34(26)19-5-2-1-3-6-19/h1-8,10-11,13-15,35H,9,12,16H2,(H,32,36). The Kier molecular flexibility index (Phi) is 6.46. The Hall–Kier alpha value is -4.50. The number of aliphatic hydroxyl groups excluding tert-OH is 1. The molecule has 0 spiro atoms. The SMILES string of the molecule is O=C(Nc1c2ccc(CCO)cc2nn1-c1ccccc1)c1cc(-c2ncccn2)c(CF)cc1F. The molecule has 0 unspecified atom stereocenters. The Labute approximate surface area is 205 Å². The molecule has 2 aromatic heterocycles. The van der Waals surface area contributed by atoms with Crippen molar-refractivity contribution in [2.24, 2.45) is 0 Å². The van der Waals surface area contributed by atoms with E-state index in [0.717, 1.165) is 11.6 Å². The van der Waals surface area contributed by atoms with Gasteiger partial charge >= 0.3 is 0 Å². The molecule has 0 atom stereocenters. The first-order valence-electron chi connectivity index (χ1n) is 11.2. The number of benzene rings is 3. The maximum absolute atomic E-state index is 15.0. The van der Waals surface area contributed by atoms with E-state index in [4.69, 9.17) is 0 Å². The summed E-state index contributed by atoms with van der Waals surface area (Å²) in [5.74, 6) is -1.05. The minimum atomic E-state index is -0.937. The van der Waals surface area contributed by atoms with Crippen molar-refractivity contribution in [2.75, 3.05) is 11.9 Å². The number of nitrogens with one attached hydrogen (secondary N) is 1. The second-order valence-electron chi connectivity index (χ2n) is 8.07. The van der Waals surface area contributed by atoms with Crippen molar-refractivity contribution in [3.63, 3.8) is 0 Å². The number of aromatic nitrogens is 4. The number of halogens is 2. The Morgan fingerprint density at radius 3 is 2.50 bits per heavy atom. The number of hydrogen-bond donors (Lipinski definition) is 2. The first-order valence-corrected chi connectivity index (χ1v) is 11.2. The van der Waals surface area contributed by atoms with E-state index in [1.807, 2.05) is 42.5 Å². The van der Waals surface area contributed by atoms with E-state index in [0.29, 0.717) is 28.8 Å². The largest absolute Gasteiger partial charge is 0.396 e. The van der Waals surface area contributed by atoms with Gasteiger partial charge in [-0.3, -0.25) is 4.79 Å². The van der Waals surface area contributed by atoms with Gasteiger partial charge in [-0.15, -0.1) is 0 Å². The highest BCUT2D eigenvalue weighted by Gasteiger charge is 2.21. The second kappa shape index (κ2) is 10.0. The molecular formula is C27H21F2N5O2. The van der Waals surface area contributed by atoms with Crippen LogP contribution in [0, 0.1) is 5.82 Å². The van der Waals surface area contributed by atoms with Crippen LogP contribution in [0.25, 0.3) is 28.0 Å². The van der Waals surface area contributed by atoms with Crippen LogP contribution >= 0.6 is 0 Å². The number of carbonyl (C=O) groups excluding carboxylic acids is 1. The summed E-state index contributed by atoms with van der Waals surface area (Å²) in [6.45, 7) is -0.940. The third-order valence-corrected chi connectivity index (χ3v) is 5.76. The van der Waals surface area contributed by atoms with Crippen molar-refractivity contribution in [1.82, 2.24) is 19.7 Å². The van der Waals surface area contributed by atoms with Crippen molar-refractivity contribution >= 4 is 22.6 Å². The van der Waals surface area contributed by atoms with Crippen LogP contribution in [-0.2, 0) is 13.1 Å². The fourth-order valence-electron chi connectivity index (χ4n) is 4.01. The highest BCUT2D eigenvalue weighted by atomic mass is 19.1. The average Bonchev–Trinajstić information content (AvgIpc) is 3.27. The van der Waals surface area contributed by atoms with Gasteiger partial charge in [-0.1, -0.05) is 24.3 Å². The number of carbonyl (C=O) groups is 1. The summed E-state index contributed by atoms with van der Waals surface area (Å²) >= 11 is 0. The van der Waals surface area contributed by atoms with E-state index >= 15 is 0 Å². The molecule has 0 fully saturated rings. The minimum absolute atomic E-state index is 0.00386. The quantitative estimate of drug-likeness (QED) is 0.343. The molecule has 0 saturated carbocycles. The fraction of sp³-hybridized carbons (Fsp3) is 0.111. The molecule has 36 heavy (non-hydrogen) atoms. The number of anilines is 1. The highest BCUT2D eigenvalue weighted by Crippen LogP contribution is 2.30. The van der Waals surface area contributed by atoms with Crippen molar-refractivity contribution in [1.29, 1.82) is 0 Å². The van der Waals surface area contributed by atoms with Gasteiger partial charge in [0.1, 0.15) is 18.3 Å². The van der Waals surface area contributed by atoms with Crippen LogP contribution in [-0.4, -0.2) is 37.4 Å². The van der Waals surface area contributed by atoms with Gasteiger partial charge in [0.05, 0.1) is 16.8 Å². The summed E-state index contributed by atoms with van der Waals surface area (Å²) in [5, 5.41) is 17.4. The van der Waals surface area contributed by atoms with E-state index in [2.05, 4.69) is 20.4 Å². The molecule has 7 nitrogen and oxygen atoms in total. The molecule has 2 N–H and O–H groups in total. The van der Waals surface area contributed by atoms with Gasteiger partial charge in [-0.25, -0.2) is 23.4 Å². The normalized spacial score (nSPS) is 11.1. The molecule has 0 radical (unpaired) electrons. The first-order chi connectivity index (χ1) is 17.6. The van der Waals surface area contributed by atoms with Crippen LogP contribution in [0.4, 0.5) is 14.6 Å².